The molecule has 1 aromatic heterocycles. The highest BCUT2D eigenvalue weighted by Gasteiger charge is 2.51. The van der Waals surface area contributed by atoms with Gasteiger partial charge in [0.2, 0.25) is 5.91 Å². The fourth-order valence-corrected chi connectivity index (χ4v) is 5.63. The Bertz CT molecular complexity index is 518. The minimum atomic E-state index is 0.135. The number of carbonyl (C=O) groups excluding carboxylic acids is 1. The van der Waals surface area contributed by atoms with Gasteiger partial charge >= 0.3 is 0 Å². The van der Waals surface area contributed by atoms with Crippen LogP contribution < -0.4 is 5.32 Å². The van der Waals surface area contributed by atoms with Crippen LogP contribution in [0.25, 0.3) is 0 Å². The van der Waals surface area contributed by atoms with E-state index in [1.807, 2.05) is 10.9 Å². The smallest absolute Gasteiger partial charge is 0.222 e. The molecule has 0 radical (unpaired) electrons. The Labute approximate surface area is 133 Å². The van der Waals surface area contributed by atoms with Crippen LogP contribution in [-0.2, 0) is 11.3 Å². The molecule has 1 heterocycles. The van der Waals surface area contributed by atoms with E-state index >= 15 is 0 Å². The van der Waals surface area contributed by atoms with Crippen LogP contribution in [0.3, 0.4) is 0 Å². The molecule has 0 atom stereocenters. The molecule has 1 amide bonds. The van der Waals surface area contributed by atoms with Gasteiger partial charge in [0.25, 0.3) is 0 Å². The second-order valence-electron chi connectivity index (χ2n) is 7.42. The number of hydrogen-bond acceptors (Lipinski definition) is 2. The first kappa shape index (κ1) is 13.8. The van der Waals surface area contributed by atoms with Crippen LogP contribution in [0.4, 0.5) is 0 Å². The largest absolute Gasteiger partial charge is 0.351 e. The average molecular weight is 352 g/mol. The number of aromatic nitrogens is 2. The van der Waals surface area contributed by atoms with Crippen molar-refractivity contribution in [3.05, 3.63) is 16.9 Å². The van der Waals surface area contributed by atoms with E-state index in [1.165, 1.54) is 38.5 Å². The van der Waals surface area contributed by atoms with Crippen molar-refractivity contribution in [2.24, 2.45) is 17.8 Å². The molecule has 4 aliphatic carbocycles. The first-order valence-electron chi connectivity index (χ1n) is 8.09. The average Bonchev–Trinajstić information content (AvgIpc) is 2.80. The van der Waals surface area contributed by atoms with Gasteiger partial charge in [0, 0.05) is 24.7 Å². The van der Waals surface area contributed by atoms with Crippen molar-refractivity contribution in [2.45, 2.75) is 57.0 Å². The second kappa shape index (κ2) is 5.11. The number of hydrogen-bond donors (Lipinski definition) is 1. The molecule has 0 spiro atoms. The third kappa shape index (κ3) is 2.77. The highest BCUT2D eigenvalue weighted by molar-refractivity contribution is 9.10. The number of nitrogens with zero attached hydrogens (tertiary/aromatic N) is 2. The number of carbonyl (C=O) groups is 1. The van der Waals surface area contributed by atoms with E-state index in [4.69, 9.17) is 0 Å². The van der Waals surface area contributed by atoms with Gasteiger partial charge < -0.3 is 5.32 Å². The van der Waals surface area contributed by atoms with Gasteiger partial charge in [-0.25, -0.2) is 0 Å². The first-order valence-corrected chi connectivity index (χ1v) is 8.88. The van der Waals surface area contributed by atoms with Gasteiger partial charge in [-0.05, 0) is 72.2 Å². The van der Waals surface area contributed by atoms with E-state index in [-0.39, 0.29) is 11.4 Å². The summed E-state index contributed by atoms with van der Waals surface area (Å²) in [6, 6.07) is 0. The number of amides is 1. The highest BCUT2D eigenvalue weighted by atomic mass is 79.9. The Balaban J connectivity index is 1.36. The molecule has 0 aliphatic heterocycles. The Morgan fingerprint density at radius 3 is 2.43 bits per heavy atom. The van der Waals surface area contributed by atoms with E-state index < -0.39 is 0 Å². The van der Waals surface area contributed by atoms with Gasteiger partial charge in [-0.2, -0.15) is 5.10 Å². The maximum absolute atomic E-state index is 12.3. The molecule has 21 heavy (non-hydrogen) atoms. The van der Waals surface area contributed by atoms with Crippen LogP contribution in [0.5, 0.6) is 0 Å². The monoisotopic (exact) mass is 351 g/mol. The number of rotatable bonds is 4. The Hall–Kier alpha value is -0.840. The lowest BCUT2D eigenvalue weighted by Crippen LogP contribution is -2.59. The van der Waals surface area contributed by atoms with Gasteiger partial charge in [0.05, 0.1) is 10.7 Å². The number of aryl methyl sites for hydroxylation is 1. The van der Waals surface area contributed by atoms with E-state index in [0.717, 1.165) is 22.2 Å². The summed E-state index contributed by atoms with van der Waals surface area (Å²) in [5.74, 6) is 2.82. The first-order chi connectivity index (χ1) is 10.1. The van der Waals surface area contributed by atoms with Crippen LogP contribution in [0, 0.1) is 17.8 Å². The standard InChI is InChI=1S/C16H22BrN3O/c17-14-9-18-20(10-14)2-1-15(21)19-16-6-11-3-12(7-16)5-13(4-11)8-16/h9-13H,1-8H2,(H,19,21). The Kier molecular flexibility index (Phi) is 3.36. The minimum Gasteiger partial charge on any atom is -0.351 e. The molecule has 4 saturated carbocycles. The third-order valence-corrected chi connectivity index (χ3v) is 6.02. The van der Waals surface area contributed by atoms with Crippen LogP contribution in [0.2, 0.25) is 0 Å². The zero-order chi connectivity index (χ0) is 14.4. The number of nitrogens with one attached hydrogen (secondary N) is 1. The second-order valence-corrected chi connectivity index (χ2v) is 8.33. The summed E-state index contributed by atoms with van der Waals surface area (Å²) in [4.78, 5) is 12.3. The zero-order valence-corrected chi connectivity index (χ0v) is 13.8. The molecule has 4 nitrogen and oxygen atoms in total. The summed E-state index contributed by atoms with van der Waals surface area (Å²) in [5, 5.41) is 7.61. The molecule has 114 valence electrons. The van der Waals surface area contributed by atoms with Crippen molar-refractivity contribution in [2.75, 3.05) is 0 Å². The third-order valence-electron chi connectivity index (χ3n) is 5.61. The predicted octanol–water partition coefficient (Wildman–Crippen LogP) is 3.12. The summed E-state index contributed by atoms with van der Waals surface area (Å²) in [6.07, 6.45) is 12.1. The summed E-state index contributed by atoms with van der Waals surface area (Å²) in [5.41, 5.74) is 0.135. The zero-order valence-electron chi connectivity index (χ0n) is 12.2. The van der Waals surface area contributed by atoms with Crippen LogP contribution in [0.1, 0.15) is 44.9 Å². The maximum atomic E-state index is 12.3. The van der Waals surface area contributed by atoms with Gasteiger partial charge in [0.15, 0.2) is 0 Å². The normalized spacial score (nSPS) is 36.9. The van der Waals surface area contributed by atoms with Crippen LogP contribution >= 0.6 is 15.9 Å². The summed E-state index contributed by atoms with van der Waals surface area (Å²) >= 11 is 3.38. The van der Waals surface area contributed by atoms with E-state index in [9.17, 15) is 4.79 Å². The van der Waals surface area contributed by atoms with Gasteiger partial charge in [-0.15, -0.1) is 0 Å². The molecule has 0 aromatic carbocycles. The molecule has 5 rings (SSSR count). The Morgan fingerprint density at radius 2 is 1.90 bits per heavy atom. The molecule has 0 unspecified atom stereocenters. The molecule has 1 aromatic rings. The molecule has 1 N–H and O–H groups in total. The lowest BCUT2D eigenvalue weighted by atomic mass is 9.53. The molecule has 0 saturated heterocycles. The van der Waals surface area contributed by atoms with Gasteiger partial charge in [-0.3, -0.25) is 9.48 Å². The Morgan fingerprint density at radius 1 is 1.29 bits per heavy atom. The van der Waals surface area contributed by atoms with E-state index in [0.29, 0.717) is 13.0 Å². The van der Waals surface area contributed by atoms with Crippen LogP contribution in [-0.4, -0.2) is 21.2 Å². The molecular weight excluding hydrogens is 330 g/mol. The van der Waals surface area contributed by atoms with Gasteiger partial charge in [-0.1, -0.05) is 0 Å². The highest BCUT2D eigenvalue weighted by Crippen LogP contribution is 2.55. The van der Waals surface area contributed by atoms with Crippen molar-refractivity contribution >= 4 is 21.8 Å². The van der Waals surface area contributed by atoms with E-state index in [1.54, 1.807) is 6.20 Å². The van der Waals surface area contributed by atoms with Crippen molar-refractivity contribution in [3.8, 4) is 0 Å². The summed E-state index contributed by atoms with van der Waals surface area (Å²) in [6.45, 7) is 0.657. The van der Waals surface area contributed by atoms with Crippen molar-refractivity contribution in [1.29, 1.82) is 0 Å². The lowest BCUT2D eigenvalue weighted by molar-refractivity contribution is -0.127. The molecule has 4 fully saturated rings. The van der Waals surface area contributed by atoms with Crippen molar-refractivity contribution in [3.63, 3.8) is 0 Å². The molecule has 4 bridgehead atoms. The quantitative estimate of drug-likeness (QED) is 0.905. The minimum absolute atomic E-state index is 0.135. The number of halogens is 1. The fourth-order valence-electron chi connectivity index (χ4n) is 5.30. The lowest BCUT2D eigenvalue weighted by Gasteiger charge is -2.56. The predicted molar refractivity (Wildman–Crippen MR) is 83.6 cm³/mol. The molecule has 5 heteroatoms. The summed E-state index contributed by atoms with van der Waals surface area (Å²) in [7, 11) is 0. The van der Waals surface area contributed by atoms with Gasteiger partial charge in [0.1, 0.15) is 0 Å². The maximum Gasteiger partial charge on any atom is 0.222 e. The van der Waals surface area contributed by atoms with Crippen molar-refractivity contribution < 1.29 is 4.79 Å². The molecular formula is C16H22BrN3O. The SMILES string of the molecule is O=C(CCn1cc(Br)cn1)NC12CC3CC(CC(C3)C1)C2. The van der Waals surface area contributed by atoms with Crippen LogP contribution in [0.15, 0.2) is 16.9 Å². The summed E-state index contributed by atoms with van der Waals surface area (Å²) < 4.78 is 2.78. The van der Waals surface area contributed by atoms with E-state index in [2.05, 4.69) is 26.3 Å². The fraction of sp³-hybridized carbons (Fsp3) is 0.750. The van der Waals surface area contributed by atoms with Crippen molar-refractivity contribution in [1.82, 2.24) is 15.1 Å². The topological polar surface area (TPSA) is 46.9 Å². The molecule has 4 aliphatic rings.